The number of fused-ring (bicyclic) bond motifs is 1. The van der Waals surface area contributed by atoms with Gasteiger partial charge in [0.1, 0.15) is 5.75 Å². The zero-order chi connectivity index (χ0) is 11.1. The Morgan fingerprint density at radius 3 is 2.27 bits per heavy atom. The maximum absolute atomic E-state index is 7.57. The van der Waals surface area contributed by atoms with Gasteiger partial charge in [0, 0.05) is 6.61 Å². The molecule has 2 aromatic carbocycles. The van der Waals surface area contributed by atoms with Crippen molar-refractivity contribution in [2.24, 2.45) is 0 Å². The van der Waals surface area contributed by atoms with Crippen LogP contribution in [0, 0.1) is 0 Å². The number of ether oxygens (including phenoxy) is 1. The lowest BCUT2D eigenvalue weighted by molar-refractivity contribution is 0.318. The van der Waals surface area contributed by atoms with E-state index in [-0.39, 0.29) is 6.61 Å². The maximum atomic E-state index is 7.57. The monoisotopic (exact) mass is 204 g/mol. The van der Waals surface area contributed by atoms with Gasteiger partial charge >= 0.3 is 0 Å². The molecule has 0 fully saturated rings. The largest absolute Gasteiger partial charge is 0.497 e. The minimum atomic E-state index is 0.250. The number of aliphatic hydroxyl groups is 1. The Hall–Kier alpha value is -1.54. The molecule has 15 heavy (non-hydrogen) atoms. The highest BCUT2D eigenvalue weighted by Crippen LogP contribution is 2.19. The first kappa shape index (κ1) is 11.5. The Morgan fingerprint density at radius 1 is 1.07 bits per heavy atom. The van der Waals surface area contributed by atoms with Crippen LogP contribution < -0.4 is 4.74 Å². The third-order valence-corrected chi connectivity index (χ3v) is 1.96. The van der Waals surface area contributed by atoms with Gasteiger partial charge in [-0.3, -0.25) is 0 Å². The molecule has 0 bridgehead atoms. The molecule has 0 aromatic heterocycles. The van der Waals surface area contributed by atoms with Gasteiger partial charge in [-0.25, -0.2) is 0 Å². The van der Waals surface area contributed by atoms with Gasteiger partial charge in [-0.2, -0.15) is 0 Å². The Morgan fingerprint density at radius 2 is 1.67 bits per heavy atom. The molecular formula is C13H16O2. The molecule has 0 aliphatic heterocycles. The number of rotatable bonds is 1. The fourth-order valence-electron chi connectivity index (χ4n) is 1.29. The zero-order valence-corrected chi connectivity index (χ0v) is 9.10. The SMILES string of the molecule is CCO.COc1ccc2ccccc2c1. The molecule has 0 radical (unpaired) electrons. The van der Waals surface area contributed by atoms with E-state index in [1.54, 1.807) is 14.0 Å². The third-order valence-electron chi connectivity index (χ3n) is 1.96. The second kappa shape index (κ2) is 6.04. The van der Waals surface area contributed by atoms with Crippen molar-refractivity contribution in [2.45, 2.75) is 6.92 Å². The van der Waals surface area contributed by atoms with E-state index in [9.17, 15) is 0 Å². The molecule has 0 aliphatic carbocycles. The molecule has 2 aromatic rings. The van der Waals surface area contributed by atoms with E-state index in [2.05, 4.69) is 18.2 Å². The molecule has 2 rings (SSSR count). The molecule has 0 atom stereocenters. The second-order valence-corrected chi connectivity index (χ2v) is 3.03. The van der Waals surface area contributed by atoms with Crippen LogP contribution in [-0.2, 0) is 0 Å². The van der Waals surface area contributed by atoms with Crippen LogP contribution in [0.3, 0.4) is 0 Å². The summed E-state index contributed by atoms with van der Waals surface area (Å²) in [6, 6.07) is 14.3. The van der Waals surface area contributed by atoms with Crippen LogP contribution in [0.1, 0.15) is 6.92 Å². The molecule has 0 heterocycles. The van der Waals surface area contributed by atoms with E-state index >= 15 is 0 Å². The molecule has 0 unspecified atom stereocenters. The third kappa shape index (κ3) is 3.26. The van der Waals surface area contributed by atoms with Crippen LogP contribution in [0.25, 0.3) is 10.8 Å². The van der Waals surface area contributed by atoms with Crippen LogP contribution >= 0.6 is 0 Å². The standard InChI is InChI=1S/C11H10O.C2H6O/c1-12-11-7-6-9-4-2-3-5-10(9)8-11;1-2-3/h2-8H,1H3;3H,2H2,1H3. The van der Waals surface area contributed by atoms with Crippen molar-refractivity contribution in [3.8, 4) is 5.75 Å². The van der Waals surface area contributed by atoms with E-state index in [1.807, 2.05) is 24.3 Å². The van der Waals surface area contributed by atoms with Crippen LogP contribution in [-0.4, -0.2) is 18.8 Å². The molecule has 0 saturated heterocycles. The first-order valence-corrected chi connectivity index (χ1v) is 4.95. The fraction of sp³-hybridized carbons (Fsp3) is 0.231. The van der Waals surface area contributed by atoms with Gasteiger partial charge in [0.15, 0.2) is 0 Å². The number of hydrogen-bond acceptors (Lipinski definition) is 2. The normalized spacial score (nSPS) is 9.27. The zero-order valence-electron chi connectivity index (χ0n) is 9.10. The van der Waals surface area contributed by atoms with Gasteiger partial charge in [0.05, 0.1) is 7.11 Å². The van der Waals surface area contributed by atoms with Gasteiger partial charge < -0.3 is 9.84 Å². The van der Waals surface area contributed by atoms with E-state index in [0.29, 0.717) is 0 Å². The molecule has 0 amide bonds. The first-order chi connectivity index (χ1) is 7.31. The van der Waals surface area contributed by atoms with Crippen molar-refractivity contribution in [1.29, 1.82) is 0 Å². The van der Waals surface area contributed by atoms with Gasteiger partial charge in [-0.15, -0.1) is 0 Å². The Balaban J connectivity index is 0.000000337. The van der Waals surface area contributed by atoms with Gasteiger partial charge in [-0.05, 0) is 29.8 Å². The molecule has 0 saturated carbocycles. The van der Waals surface area contributed by atoms with E-state index in [4.69, 9.17) is 9.84 Å². The number of methoxy groups -OCH3 is 1. The molecule has 80 valence electrons. The summed E-state index contributed by atoms with van der Waals surface area (Å²) in [6.45, 7) is 1.93. The Labute approximate surface area is 90.1 Å². The van der Waals surface area contributed by atoms with Crippen LogP contribution in [0.5, 0.6) is 5.75 Å². The summed E-state index contributed by atoms with van der Waals surface area (Å²) in [4.78, 5) is 0. The van der Waals surface area contributed by atoms with Gasteiger partial charge in [0.2, 0.25) is 0 Å². The summed E-state index contributed by atoms with van der Waals surface area (Å²) < 4.78 is 5.12. The summed E-state index contributed by atoms with van der Waals surface area (Å²) in [5.41, 5.74) is 0. The summed E-state index contributed by atoms with van der Waals surface area (Å²) in [6.07, 6.45) is 0. The second-order valence-electron chi connectivity index (χ2n) is 3.03. The molecule has 0 aliphatic rings. The van der Waals surface area contributed by atoms with E-state index in [0.717, 1.165) is 5.75 Å². The van der Waals surface area contributed by atoms with Crippen molar-refractivity contribution in [3.05, 3.63) is 42.5 Å². The van der Waals surface area contributed by atoms with Crippen molar-refractivity contribution >= 4 is 10.8 Å². The van der Waals surface area contributed by atoms with Crippen molar-refractivity contribution < 1.29 is 9.84 Å². The summed E-state index contributed by atoms with van der Waals surface area (Å²) in [5.74, 6) is 0.911. The van der Waals surface area contributed by atoms with E-state index in [1.165, 1.54) is 10.8 Å². The first-order valence-electron chi connectivity index (χ1n) is 4.95. The topological polar surface area (TPSA) is 29.5 Å². The predicted octanol–water partition coefficient (Wildman–Crippen LogP) is 2.85. The number of hydrogen-bond donors (Lipinski definition) is 1. The van der Waals surface area contributed by atoms with Gasteiger partial charge in [-0.1, -0.05) is 30.3 Å². The predicted molar refractivity (Wildman–Crippen MR) is 63.3 cm³/mol. The van der Waals surface area contributed by atoms with Crippen LogP contribution in [0.4, 0.5) is 0 Å². The molecule has 0 spiro atoms. The Kier molecular flexibility index (Phi) is 4.64. The average molecular weight is 204 g/mol. The van der Waals surface area contributed by atoms with Crippen molar-refractivity contribution in [3.63, 3.8) is 0 Å². The van der Waals surface area contributed by atoms with Gasteiger partial charge in [0.25, 0.3) is 0 Å². The highest BCUT2D eigenvalue weighted by Gasteiger charge is 1.93. The highest BCUT2D eigenvalue weighted by atomic mass is 16.5. The lowest BCUT2D eigenvalue weighted by Crippen LogP contribution is -1.81. The lowest BCUT2D eigenvalue weighted by Gasteiger charge is -2.00. The highest BCUT2D eigenvalue weighted by molar-refractivity contribution is 5.83. The molecule has 2 heteroatoms. The van der Waals surface area contributed by atoms with Crippen LogP contribution in [0.15, 0.2) is 42.5 Å². The smallest absolute Gasteiger partial charge is 0.119 e. The average Bonchev–Trinajstić information content (AvgIpc) is 2.29. The summed E-state index contributed by atoms with van der Waals surface area (Å²) >= 11 is 0. The van der Waals surface area contributed by atoms with E-state index < -0.39 is 0 Å². The maximum Gasteiger partial charge on any atom is 0.119 e. The lowest BCUT2D eigenvalue weighted by atomic mass is 10.1. The number of aliphatic hydroxyl groups excluding tert-OH is 1. The summed E-state index contributed by atoms with van der Waals surface area (Å²) in [5, 5.41) is 10.0. The molecule has 2 nitrogen and oxygen atoms in total. The minimum Gasteiger partial charge on any atom is -0.497 e. The molecular weight excluding hydrogens is 188 g/mol. The van der Waals surface area contributed by atoms with Crippen molar-refractivity contribution in [2.75, 3.05) is 13.7 Å². The minimum absolute atomic E-state index is 0.250. The van der Waals surface area contributed by atoms with Crippen molar-refractivity contribution in [1.82, 2.24) is 0 Å². The Bertz CT molecular complexity index is 410. The number of benzene rings is 2. The summed E-state index contributed by atoms with van der Waals surface area (Å²) in [7, 11) is 1.68. The fourth-order valence-corrected chi connectivity index (χ4v) is 1.29. The molecule has 1 N–H and O–H groups in total. The van der Waals surface area contributed by atoms with Crippen LogP contribution in [0.2, 0.25) is 0 Å². The quantitative estimate of drug-likeness (QED) is 0.774.